The third kappa shape index (κ3) is 3.43. The van der Waals surface area contributed by atoms with Crippen LogP contribution in [0.2, 0.25) is 0 Å². The Labute approximate surface area is 94.9 Å². The molecule has 0 radical (unpaired) electrons. The summed E-state index contributed by atoms with van der Waals surface area (Å²) in [6, 6.07) is 0. The fourth-order valence-electron chi connectivity index (χ4n) is 0.851. The third-order valence-electron chi connectivity index (χ3n) is 2.11. The highest BCUT2D eigenvalue weighted by atomic mass is 32.1. The quantitative estimate of drug-likeness (QED) is 0.790. The second-order valence-corrected chi connectivity index (χ2v) is 4.26. The zero-order chi connectivity index (χ0) is 11.5. The molecule has 1 aromatic heterocycles. The van der Waals surface area contributed by atoms with Gasteiger partial charge < -0.3 is 10.5 Å². The molecule has 1 rings (SSSR count). The maximum absolute atomic E-state index is 5.63. The zero-order valence-electron chi connectivity index (χ0n) is 9.15. The number of ether oxygens (including phenoxy) is 1. The minimum Gasteiger partial charge on any atom is -0.471 e. The topological polar surface area (TPSA) is 61.0 Å². The molecule has 0 spiro atoms. The summed E-state index contributed by atoms with van der Waals surface area (Å²) in [7, 11) is 0. The second-order valence-electron chi connectivity index (χ2n) is 3.82. The molecule has 0 aliphatic carbocycles. The van der Waals surface area contributed by atoms with Crippen LogP contribution in [0.5, 0.6) is 5.88 Å². The van der Waals surface area contributed by atoms with Gasteiger partial charge in [-0.15, -0.1) is 0 Å². The van der Waals surface area contributed by atoms with Gasteiger partial charge in [0.1, 0.15) is 16.3 Å². The first kappa shape index (κ1) is 11.8. The van der Waals surface area contributed by atoms with Crippen LogP contribution in [-0.2, 0) is 0 Å². The highest BCUT2D eigenvalue weighted by molar-refractivity contribution is 7.80. The Balaban J connectivity index is 2.77. The van der Waals surface area contributed by atoms with Crippen LogP contribution in [0, 0.1) is 0 Å². The lowest BCUT2D eigenvalue weighted by molar-refractivity contribution is 0.0984. The molecule has 0 aliphatic rings. The molecule has 1 heterocycles. The minimum atomic E-state index is -0.237. The van der Waals surface area contributed by atoms with E-state index in [1.54, 1.807) is 0 Å². The first-order valence-corrected chi connectivity index (χ1v) is 5.16. The van der Waals surface area contributed by atoms with Gasteiger partial charge in [-0.3, -0.25) is 0 Å². The summed E-state index contributed by atoms with van der Waals surface area (Å²) in [6.45, 7) is 6.04. The van der Waals surface area contributed by atoms with E-state index in [1.807, 2.05) is 13.8 Å². The Kier molecular flexibility index (Phi) is 3.57. The lowest BCUT2D eigenvalue weighted by atomic mass is 10.1. The molecule has 0 saturated carbocycles. The summed E-state index contributed by atoms with van der Waals surface area (Å²) in [5.74, 6) is 0.488. The van der Waals surface area contributed by atoms with E-state index < -0.39 is 0 Å². The van der Waals surface area contributed by atoms with Gasteiger partial charge in [0.15, 0.2) is 0 Å². The van der Waals surface area contributed by atoms with E-state index in [0.717, 1.165) is 6.42 Å². The lowest BCUT2D eigenvalue weighted by Gasteiger charge is -2.23. The molecule has 0 fully saturated rings. The fraction of sp³-hybridized carbons (Fsp3) is 0.500. The monoisotopic (exact) mass is 225 g/mol. The fourth-order valence-corrected chi connectivity index (χ4v) is 0.957. The molecule has 0 aliphatic heterocycles. The van der Waals surface area contributed by atoms with Crippen LogP contribution in [0.1, 0.15) is 32.9 Å². The summed E-state index contributed by atoms with van der Waals surface area (Å²) < 4.78 is 5.63. The van der Waals surface area contributed by atoms with Crippen molar-refractivity contribution < 1.29 is 4.74 Å². The van der Waals surface area contributed by atoms with E-state index in [9.17, 15) is 0 Å². The predicted octanol–water partition coefficient (Wildman–Crippen LogP) is 1.68. The van der Waals surface area contributed by atoms with Gasteiger partial charge in [-0.2, -0.15) is 0 Å². The van der Waals surface area contributed by atoms with Crippen molar-refractivity contribution in [2.75, 3.05) is 0 Å². The van der Waals surface area contributed by atoms with Crippen molar-refractivity contribution in [2.24, 2.45) is 5.73 Å². The van der Waals surface area contributed by atoms with Gasteiger partial charge in [0.25, 0.3) is 0 Å². The molecule has 0 amide bonds. The van der Waals surface area contributed by atoms with Gasteiger partial charge in [-0.05, 0) is 20.3 Å². The summed E-state index contributed by atoms with van der Waals surface area (Å²) in [5, 5.41) is 0. The Hall–Kier alpha value is -1.23. The van der Waals surface area contributed by atoms with Gasteiger partial charge in [-0.25, -0.2) is 9.97 Å². The number of thiocarbonyl (C=S) groups is 1. The van der Waals surface area contributed by atoms with Crippen LogP contribution in [0.15, 0.2) is 12.4 Å². The second kappa shape index (κ2) is 4.53. The molecule has 4 nitrogen and oxygen atoms in total. The van der Waals surface area contributed by atoms with Crippen molar-refractivity contribution >= 4 is 17.2 Å². The molecule has 0 aromatic carbocycles. The summed E-state index contributed by atoms with van der Waals surface area (Å²) in [5.41, 5.74) is 5.67. The molecule has 0 unspecified atom stereocenters. The third-order valence-corrected chi connectivity index (χ3v) is 2.32. The average molecular weight is 225 g/mol. The molecule has 82 valence electrons. The van der Waals surface area contributed by atoms with Crippen molar-refractivity contribution in [2.45, 2.75) is 32.8 Å². The van der Waals surface area contributed by atoms with E-state index in [2.05, 4.69) is 16.9 Å². The Bertz CT molecular complexity index is 348. The van der Waals surface area contributed by atoms with Crippen LogP contribution in [-0.4, -0.2) is 20.6 Å². The summed E-state index contributed by atoms with van der Waals surface area (Å²) >= 11 is 4.77. The van der Waals surface area contributed by atoms with Crippen LogP contribution in [0.25, 0.3) is 0 Å². The molecule has 5 heteroatoms. The number of nitrogens with two attached hydrogens (primary N) is 1. The average Bonchev–Trinajstić information content (AvgIpc) is 2.18. The highest BCUT2D eigenvalue weighted by Gasteiger charge is 2.17. The molecule has 0 saturated heterocycles. The van der Waals surface area contributed by atoms with E-state index in [0.29, 0.717) is 11.6 Å². The Morgan fingerprint density at radius 1 is 1.47 bits per heavy atom. The van der Waals surface area contributed by atoms with Crippen molar-refractivity contribution in [3.05, 3.63) is 18.1 Å². The van der Waals surface area contributed by atoms with Gasteiger partial charge in [0.2, 0.25) is 5.88 Å². The first-order chi connectivity index (χ1) is 6.94. The molecule has 1 aromatic rings. The predicted molar refractivity (Wildman–Crippen MR) is 62.9 cm³/mol. The molecule has 0 atom stereocenters. The Morgan fingerprint density at radius 3 is 2.53 bits per heavy atom. The summed E-state index contributed by atoms with van der Waals surface area (Å²) in [6.07, 6.45) is 3.95. The number of rotatable bonds is 4. The largest absolute Gasteiger partial charge is 0.471 e. The smallest absolute Gasteiger partial charge is 0.232 e. The Morgan fingerprint density at radius 2 is 2.13 bits per heavy atom. The number of hydrogen-bond acceptors (Lipinski definition) is 4. The standard InChI is InChI=1S/C10H15N3OS/c1-4-10(2,3)14-8-6-12-7(5-13-8)9(11)15/h5-6H,4H2,1-3H3,(H2,11,15). The van der Waals surface area contributed by atoms with Crippen LogP contribution in [0.3, 0.4) is 0 Å². The van der Waals surface area contributed by atoms with Crippen molar-refractivity contribution in [3.63, 3.8) is 0 Å². The van der Waals surface area contributed by atoms with Crippen LogP contribution in [0.4, 0.5) is 0 Å². The van der Waals surface area contributed by atoms with Crippen LogP contribution < -0.4 is 10.5 Å². The number of hydrogen-bond donors (Lipinski definition) is 1. The number of nitrogens with zero attached hydrogens (tertiary/aromatic N) is 2. The van der Waals surface area contributed by atoms with Gasteiger partial charge >= 0.3 is 0 Å². The minimum absolute atomic E-state index is 0.237. The molecular weight excluding hydrogens is 210 g/mol. The van der Waals surface area contributed by atoms with Crippen molar-refractivity contribution in [1.82, 2.24) is 9.97 Å². The van der Waals surface area contributed by atoms with Gasteiger partial charge in [-0.1, -0.05) is 19.1 Å². The normalized spacial score (nSPS) is 11.1. The highest BCUT2D eigenvalue weighted by Crippen LogP contribution is 2.17. The van der Waals surface area contributed by atoms with Crippen molar-refractivity contribution in [3.8, 4) is 5.88 Å². The molecule has 15 heavy (non-hydrogen) atoms. The first-order valence-electron chi connectivity index (χ1n) is 4.75. The molecule has 0 bridgehead atoms. The van der Waals surface area contributed by atoms with Gasteiger partial charge in [0.05, 0.1) is 12.4 Å². The van der Waals surface area contributed by atoms with E-state index in [1.165, 1.54) is 12.4 Å². The van der Waals surface area contributed by atoms with Crippen LogP contribution >= 0.6 is 12.2 Å². The van der Waals surface area contributed by atoms with E-state index in [4.69, 9.17) is 22.7 Å². The summed E-state index contributed by atoms with van der Waals surface area (Å²) in [4.78, 5) is 8.36. The van der Waals surface area contributed by atoms with Crippen molar-refractivity contribution in [1.29, 1.82) is 0 Å². The molecule has 2 N–H and O–H groups in total. The lowest BCUT2D eigenvalue weighted by Crippen LogP contribution is -2.27. The maximum Gasteiger partial charge on any atom is 0.232 e. The number of aromatic nitrogens is 2. The maximum atomic E-state index is 5.63. The van der Waals surface area contributed by atoms with E-state index >= 15 is 0 Å². The SMILES string of the molecule is CCC(C)(C)Oc1cnc(C(N)=S)cn1. The van der Waals surface area contributed by atoms with Gasteiger partial charge in [0, 0.05) is 0 Å². The zero-order valence-corrected chi connectivity index (χ0v) is 9.97. The van der Waals surface area contributed by atoms with E-state index in [-0.39, 0.29) is 10.6 Å². The molecular formula is C10H15N3OS.